The first-order valence-corrected chi connectivity index (χ1v) is 7.87. The van der Waals surface area contributed by atoms with Crippen LogP contribution in [0.25, 0.3) is 0 Å². The van der Waals surface area contributed by atoms with Crippen LogP contribution in [0.5, 0.6) is 0 Å². The molecule has 110 valence electrons. The molecule has 0 amide bonds. The molecule has 1 aliphatic rings. The van der Waals surface area contributed by atoms with Gasteiger partial charge in [-0.3, -0.25) is 4.79 Å². The number of anilines is 1. The Labute approximate surface area is 118 Å². The molecular weight excluding hydrogens is 280 g/mol. The molecule has 1 aliphatic heterocycles. The first kappa shape index (κ1) is 14.8. The summed E-state index contributed by atoms with van der Waals surface area (Å²) < 4.78 is 27.4. The van der Waals surface area contributed by atoms with Crippen molar-refractivity contribution in [1.29, 1.82) is 0 Å². The third-order valence-corrected chi connectivity index (χ3v) is 5.19. The van der Waals surface area contributed by atoms with Gasteiger partial charge in [-0.15, -0.1) is 0 Å². The Hall–Kier alpha value is -1.60. The molecule has 0 unspecified atom stereocenters. The van der Waals surface area contributed by atoms with E-state index < -0.39 is 22.7 Å². The van der Waals surface area contributed by atoms with Gasteiger partial charge in [0.05, 0.1) is 5.69 Å². The Morgan fingerprint density at radius 2 is 1.80 bits per heavy atom. The second-order valence-corrected chi connectivity index (χ2v) is 6.70. The molecule has 7 heteroatoms. The topological polar surface area (TPSA) is 77.9 Å². The van der Waals surface area contributed by atoms with E-state index in [9.17, 15) is 13.2 Å². The lowest BCUT2D eigenvalue weighted by Gasteiger charge is -2.27. The van der Waals surface area contributed by atoms with Gasteiger partial charge in [0, 0.05) is 13.1 Å². The lowest BCUT2D eigenvalue weighted by atomic mass is 10.2. The fourth-order valence-corrected chi connectivity index (χ4v) is 3.86. The SMILES string of the molecule is Cc1ccc(N(CC(=O)O)S(=O)(=O)N2CCCC2)cc1. The van der Waals surface area contributed by atoms with Crippen molar-refractivity contribution in [2.75, 3.05) is 23.9 Å². The highest BCUT2D eigenvalue weighted by Gasteiger charge is 2.33. The van der Waals surface area contributed by atoms with Crippen molar-refractivity contribution >= 4 is 21.9 Å². The van der Waals surface area contributed by atoms with Gasteiger partial charge in [0.15, 0.2) is 0 Å². The van der Waals surface area contributed by atoms with Crippen LogP contribution in [-0.4, -0.2) is 43.4 Å². The van der Waals surface area contributed by atoms with Gasteiger partial charge in [0.2, 0.25) is 0 Å². The van der Waals surface area contributed by atoms with Gasteiger partial charge in [0.1, 0.15) is 6.54 Å². The summed E-state index contributed by atoms with van der Waals surface area (Å²) in [6.07, 6.45) is 1.63. The van der Waals surface area contributed by atoms with Crippen LogP contribution < -0.4 is 4.31 Å². The van der Waals surface area contributed by atoms with Crippen molar-refractivity contribution in [2.24, 2.45) is 0 Å². The number of nitrogens with zero attached hydrogens (tertiary/aromatic N) is 2. The van der Waals surface area contributed by atoms with Crippen molar-refractivity contribution in [3.63, 3.8) is 0 Å². The number of benzene rings is 1. The summed E-state index contributed by atoms with van der Waals surface area (Å²) in [7, 11) is -3.78. The number of hydrogen-bond donors (Lipinski definition) is 1. The predicted molar refractivity (Wildman–Crippen MR) is 75.9 cm³/mol. The van der Waals surface area contributed by atoms with E-state index in [1.807, 2.05) is 6.92 Å². The van der Waals surface area contributed by atoms with E-state index in [1.165, 1.54) is 4.31 Å². The molecule has 1 aromatic carbocycles. The van der Waals surface area contributed by atoms with Gasteiger partial charge in [-0.1, -0.05) is 17.7 Å². The minimum atomic E-state index is -3.78. The second kappa shape index (κ2) is 5.80. The Kier molecular flexibility index (Phi) is 4.29. The predicted octanol–water partition coefficient (Wildman–Crippen LogP) is 1.23. The molecule has 1 fully saturated rings. The molecule has 0 aromatic heterocycles. The largest absolute Gasteiger partial charge is 0.480 e. The van der Waals surface area contributed by atoms with Crippen LogP contribution >= 0.6 is 0 Å². The first-order valence-electron chi connectivity index (χ1n) is 6.47. The Morgan fingerprint density at radius 1 is 1.25 bits per heavy atom. The summed E-state index contributed by atoms with van der Waals surface area (Å²) in [5.41, 5.74) is 1.37. The van der Waals surface area contributed by atoms with E-state index in [0.29, 0.717) is 18.8 Å². The highest BCUT2D eigenvalue weighted by Crippen LogP contribution is 2.23. The Bertz CT molecular complexity index is 577. The van der Waals surface area contributed by atoms with Gasteiger partial charge in [0.25, 0.3) is 0 Å². The van der Waals surface area contributed by atoms with Crippen molar-refractivity contribution < 1.29 is 18.3 Å². The molecular formula is C13H18N2O4S. The van der Waals surface area contributed by atoms with Crippen LogP contribution in [0.3, 0.4) is 0 Å². The van der Waals surface area contributed by atoms with E-state index in [4.69, 9.17) is 5.11 Å². The first-order chi connectivity index (χ1) is 9.41. The maximum atomic E-state index is 12.5. The number of rotatable bonds is 5. The summed E-state index contributed by atoms with van der Waals surface area (Å²) >= 11 is 0. The number of aryl methyl sites for hydroxylation is 1. The van der Waals surface area contributed by atoms with Crippen LogP contribution in [0.1, 0.15) is 18.4 Å². The summed E-state index contributed by atoms with van der Waals surface area (Å²) in [4.78, 5) is 11.0. The van der Waals surface area contributed by atoms with E-state index in [1.54, 1.807) is 24.3 Å². The molecule has 20 heavy (non-hydrogen) atoms. The van der Waals surface area contributed by atoms with Crippen molar-refractivity contribution in [1.82, 2.24) is 4.31 Å². The fourth-order valence-electron chi connectivity index (χ4n) is 2.20. The monoisotopic (exact) mass is 298 g/mol. The highest BCUT2D eigenvalue weighted by molar-refractivity contribution is 7.90. The molecule has 0 radical (unpaired) electrons. The zero-order valence-corrected chi connectivity index (χ0v) is 12.1. The molecule has 0 atom stereocenters. The number of aliphatic carboxylic acids is 1. The van der Waals surface area contributed by atoms with E-state index in [0.717, 1.165) is 22.7 Å². The van der Waals surface area contributed by atoms with Crippen LogP contribution in [0.2, 0.25) is 0 Å². The summed E-state index contributed by atoms with van der Waals surface area (Å²) in [5.74, 6) is -1.17. The fraction of sp³-hybridized carbons (Fsp3) is 0.462. The number of carboxylic acid groups (broad SMARTS) is 1. The number of hydrogen-bond acceptors (Lipinski definition) is 3. The molecule has 6 nitrogen and oxygen atoms in total. The minimum Gasteiger partial charge on any atom is -0.480 e. The van der Waals surface area contributed by atoms with Crippen LogP contribution in [-0.2, 0) is 15.0 Å². The molecule has 1 saturated heterocycles. The van der Waals surface area contributed by atoms with E-state index >= 15 is 0 Å². The van der Waals surface area contributed by atoms with Gasteiger partial charge in [-0.2, -0.15) is 12.7 Å². The average molecular weight is 298 g/mol. The lowest BCUT2D eigenvalue weighted by Crippen LogP contribution is -2.45. The van der Waals surface area contributed by atoms with Crippen molar-refractivity contribution in [2.45, 2.75) is 19.8 Å². The normalized spacial score (nSPS) is 16.2. The van der Waals surface area contributed by atoms with Crippen LogP contribution in [0, 0.1) is 6.92 Å². The molecule has 1 N–H and O–H groups in total. The number of carbonyl (C=O) groups is 1. The minimum absolute atomic E-state index is 0.380. The third kappa shape index (κ3) is 3.10. The standard InChI is InChI=1S/C13H18N2O4S/c1-11-4-6-12(7-5-11)15(10-13(16)17)20(18,19)14-8-2-3-9-14/h4-7H,2-3,8-10H2,1H3,(H,16,17). The highest BCUT2D eigenvalue weighted by atomic mass is 32.2. The van der Waals surface area contributed by atoms with Gasteiger partial charge in [-0.25, -0.2) is 4.31 Å². The van der Waals surface area contributed by atoms with Crippen molar-refractivity contribution in [3.05, 3.63) is 29.8 Å². The van der Waals surface area contributed by atoms with Crippen LogP contribution in [0.15, 0.2) is 24.3 Å². The van der Waals surface area contributed by atoms with E-state index in [-0.39, 0.29) is 0 Å². The van der Waals surface area contributed by atoms with Gasteiger partial charge < -0.3 is 5.11 Å². The van der Waals surface area contributed by atoms with Crippen molar-refractivity contribution in [3.8, 4) is 0 Å². The molecule has 0 bridgehead atoms. The molecule has 1 heterocycles. The molecule has 2 rings (SSSR count). The summed E-state index contributed by atoms with van der Waals surface area (Å²) in [6.45, 7) is 2.22. The third-order valence-electron chi connectivity index (χ3n) is 3.27. The second-order valence-electron chi connectivity index (χ2n) is 4.85. The van der Waals surface area contributed by atoms with Crippen LogP contribution in [0.4, 0.5) is 5.69 Å². The van der Waals surface area contributed by atoms with E-state index in [2.05, 4.69) is 0 Å². The molecule has 1 aromatic rings. The summed E-state index contributed by atoms with van der Waals surface area (Å²) in [5, 5.41) is 8.98. The van der Waals surface area contributed by atoms with Gasteiger partial charge >= 0.3 is 16.2 Å². The summed E-state index contributed by atoms with van der Waals surface area (Å²) in [6, 6.07) is 6.80. The zero-order chi connectivity index (χ0) is 14.8. The number of carboxylic acids is 1. The molecule has 0 spiro atoms. The Balaban J connectivity index is 2.36. The Morgan fingerprint density at radius 3 is 2.30 bits per heavy atom. The maximum absolute atomic E-state index is 12.5. The quantitative estimate of drug-likeness (QED) is 0.887. The lowest BCUT2D eigenvalue weighted by molar-refractivity contribution is -0.135. The van der Waals surface area contributed by atoms with Gasteiger partial charge in [-0.05, 0) is 31.9 Å². The maximum Gasteiger partial charge on any atom is 0.324 e. The average Bonchev–Trinajstić information content (AvgIpc) is 2.91. The molecule has 0 saturated carbocycles. The smallest absolute Gasteiger partial charge is 0.324 e. The molecule has 0 aliphatic carbocycles. The zero-order valence-electron chi connectivity index (χ0n) is 11.3.